The van der Waals surface area contributed by atoms with Crippen molar-refractivity contribution < 1.29 is 9.90 Å². The van der Waals surface area contributed by atoms with Crippen molar-refractivity contribution in [3.63, 3.8) is 0 Å². The number of carbonyl (C=O) groups excluding carboxylic acids is 1. The van der Waals surface area contributed by atoms with Crippen molar-refractivity contribution in [3.8, 4) is 11.8 Å². The van der Waals surface area contributed by atoms with E-state index in [1.54, 1.807) is 11.3 Å². The van der Waals surface area contributed by atoms with E-state index in [0.717, 1.165) is 38.0 Å². The number of thiophene rings is 1. The number of rotatable bonds is 5. The molecule has 1 amide bonds. The molecule has 3 rings (SSSR count). The molecule has 1 aliphatic rings. The van der Waals surface area contributed by atoms with E-state index in [9.17, 15) is 9.59 Å². The van der Waals surface area contributed by atoms with Gasteiger partial charge in [-0.2, -0.15) is 5.10 Å². The zero-order valence-corrected chi connectivity index (χ0v) is 16.7. The molecule has 1 fully saturated rings. The van der Waals surface area contributed by atoms with Crippen LogP contribution in [0.4, 0.5) is 0 Å². The predicted octanol–water partition coefficient (Wildman–Crippen LogP) is 0.828. The van der Waals surface area contributed by atoms with Crippen LogP contribution in [0.1, 0.15) is 33.8 Å². The summed E-state index contributed by atoms with van der Waals surface area (Å²) in [5, 5.41) is 17.7. The fourth-order valence-electron chi connectivity index (χ4n) is 3.19. The molecule has 1 saturated heterocycles. The molecule has 2 N–H and O–H groups in total. The Hall–Kier alpha value is -2.47. The monoisotopic (exact) mass is 400 g/mol. The Bertz CT molecular complexity index is 933. The normalized spacial score (nSPS) is 15.1. The van der Waals surface area contributed by atoms with Gasteiger partial charge in [-0.05, 0) is 44.0 Å². The fraction of sp³-hybridized carbons (Fsp3) is 0.450. The number of aromatic nitrogens is 2. The third-order valence-electron chi connectivity index (χ3n) is 4.80. The van der Waals surface area contributed by atoms with Gasteiger partial charge in [0.2, 0.25) is 0 Å². The van der Waals surface area contributed by atoms with Crippen LogP contribution >= 0.6 is 11.3 Å². The molecular formula is C20H24N4O3S. The van der Waals surface area contributed by atoms with E-state index in [1.807, 2.05) is 5.38 Å². The van der Waals surface area contributed by atoms with Gasteiger partial charge in [0.1, 0.15) is 12.3 Å². The molecule has 148 valence electrons. The molecular weight excluding hydrogens is 376 g/mol. The lowest BCUT2D eigenvalue weighted by molar-refractivity contribution is 0.0928. The summed E-state index contributed by atoms with van der Waals surface area (Å²) in [4.78, 5) is 27.3. The average Bonchev–Trinajstić information content (AvgIpc) is 3.15. The summed E-state index contributed by atoms with van der Waals surface area (Å²) >= 11 is 1.69. The molecule has 7 nitrogen and oxygen atoms in total. The van der Waals surface area contributed by atoms with E-state index in [-0.39, 0.29) is 23.8 Å². The lowest BCUT2D eigenvalue weighted by atomic mass is 9.96. The summed E-state index contributed by atoms with van der Waals surface area (Å²) in [6.07, 6.45) is 2.06. The smallest absolute Gasteiger partial charge is 0.271 e. The van der Waals surface area contributed by atoms with Crippen molar-refractivity contribution >= 4 is 17.2 Å². The Balaban J connectivity index is 1.42. The molecule has 1 aliphatic heterocycles. The largest absolute Gasteiger partial charge is 0.384 e. The second-order valence-corrected chi connectivity index (χ2v) is 7.87. The molecule has 2 aromatic rings. The molecule has 8 heteroatoms. The molecule has 3 heterocycles. The summed E-state index contributed by atoms with van der Waals surface area (Å²) in [7, 11) is 1.53. The summed E-state index contributed by atoms with van der Waals surface area (Å²) in [6, 6.07) is 4.89. The van der Waals surface area contributed by atoms with Gasteiger partial charge in [-0.25, -0.2) is 4.68 Å². The summed E-state index contributed by atoms with van der Waals surface area (Å²) in [5.41, 5.74) is 0.984. The number of amides is 1. The number of piperidine rings is 1. The first-order chi connectivity index (χ1) is 13.5. The maximum absolute atomic E-state index is 12.2. The Morgan fingerprint density at radius 3 is 2.89 bits per heavy atom. The average molecular weight is 401 g/mol. The number of aryl methyl sites for hydroxylation is 1. The molecule has 0 bridgehead atoms. The minimum atomic E-state index is -0.242. The van der Waals surface area contributed by atoms with E-state index < -0.39 is 0 Å². The number of aliphatic hydroxyl groups excluding tert-OH is 1. The van der Waals surface area contributed by atoms with Gasteiger partial charge in [0.15, 0.2) is 0 Å². The van der Waals surface area contributed by atoms with Crippen molar-refractivity contribution in [2.24, 2.45) is 13.0 Å². The minimum absolute atomic E-state index is 0.117. The first kappa shape index (κ1) is 20.3. The van der Waals surface area contributed by atoms with Crippen LogP contribution in [0, 0.1) is 17.8 Å². The quantitative estimate of drug-likeness (QED) is 0.726. The third-order valence-corrected chi connectivity index (χ3v) is 5.72. The summed E-state index contributed by atoms with van der Waals surface area (Å²) in [5.74, 6) is 5.81. The Labute approximate surface area is 168 Å². The summed E-state index contributed by atoms with van der Waals surface area (Å²) in [6.45, 7) is 3.40. The topological polar surface area (TPSA) is 87.5 Å². The molecule has 0 aromatic carbocycles. The summed E-state index contributed by atoms with van der Waals surface area (Å²) < 4.78 is 1.17. The van der Waals surface area contributed by atoms with Gasteiger partial charge in [-0.15, -0.1) is 11.3 Å². The SMILES string of the molecule is Cn1nc(C(=O)NCC2CCN(Cc3cc(C#CCO)cs3)CC2)ccc1=O. The molecule has 0 saturated carbocycles. The van der Waals surface area contributed by atoms with Crippen molar-refractivity contribution in [1.82, 2.24) is 20.0 Å². The molecule has 0 aliphatic carbocycles. The highest BCUT2D eigenvalue weighted by atomic mass is 32.1. The van der Waals surface area contributed by atoms with Gasteiger partial charge in [-0.1, -0.05) is 11.8 Å². The third kappa shape index (κ3) is 5.52. The lowest BCUT2D eigenvalue weighted by Gasteiger charge is -2.31. The van der Waals surface area contributed by atoms with Crippen molar-refractivity contribution in [2.45, 2.75) is 19.4 Å². The highest BCUT2D eigenvalue weighted by Crippen LogP contribution is 2.21. The Morgan fingerprint density at radius 1 is 1.39 bits per heavy atom. The minimum Gasteiger partial charge on any atom is -0.384 e. The van der Waals surface area contributed by atoms with Gasteiger partial charge >= 0.3 is 0 Å². The first-order valence-electron chi connectivity index (χ1n) is 9.27. The van der Waals surface area contributed by atoms with E-state index >= 15 is 0 Å². The first-order valence-corrected chi connectivity index (χ1v) is 10.1. The van der Waals surface area contributed by atoms with Crippen LogP contribution in [0.3, 0.4) is 0 Å². The van der Waals surface area contributed by atoms with Gasteiger partial charge in [0, 0.05) is 42.0 Å². The van der Waals surface area contributed by atoms with Crippen LogP contribution in [0.25, 0.3) is 0 Å². The van der Waals surface area contributed by atoms with Gasteiger partial charge in [-0.3, -0.25) is 14.5 Å². The number of nitrogens with one attached hydrogen (secondary N) is 1. The Kier molecular flexibility index (Phi) is 6.98. The Morgan fingerprint density at radius 2 is 2.18 bits per heavy atom. The maximum atomic E-state index is 12.2. The van der Waals surface area contributed by atoms with E-state index in [2.05, 4.69) is 33.2 Å². The molecule has 0 atom stereocenters. The predicted molar refractivity (Wildman–Crippen MR) is 108 cm³/mol. The van der Waals surface area contributed by atoms with Crippen molar-refractivity contribution in [1.29, 1.82) is 0 Å². The number of nitrogens with zero attached hydrogens (tertiary/aromatic N) is 3. The van der Waals surface area contributed by atoms with Crippen LogP contribution < -0.4 is 10.9 Å². The fourth-order valence-corrected chi connectivity index (χ4v) is 4.05. The molecule has 0 spiro atoms. The second kappa shape index (κ2) is 9.64. The molecule has 28 heavy (non-hydrogen) atoms. The zero-order chi connectivity index (χ0) is 19.9. The van der Waals surface area contributed by atoms with Crippen LogP contribution in [0.15, 0.2) is 28.4 Å². The molecule has 2 aromatic heterocycles. The van der Waals surface area contributed by atoms with E-state index in [1.165, 1.54) is 28.7 Å². The lowest BCUT2D eigenvalue weighted by Crippen LogP contribution is -2.38. The van der Waals surface area contributed by atoms with E-state index in [4.69, 9.17) is 5.11 Å². The van der Waals surface area contributed by atoms with Crippen molar-refractivity contribution in [2.75, 3.05) is 26.2 Å². The van der Waals surface area contributed by atoms with Crippen LogP contribution in [-0.2, 0) is 13.6 Å². The molecule has 0 radical (unpaired) electrons. The zero-order valence-electron chi connectivity index (χ0n) is 15.9. The van der Waals surface area contributed by atoms with Gasteiger partial charge in [0.05, 0.1) is 0 Å². The van der Waals surface area contributed by atoms with Gasteiger partial charge < -0.3 is 10.4 Å². The number of hydrogen-bond donors (Lipinski definition) is 2. The van der Waals surface area contributed by atoms with Crippen molar-refractivity contribution in [3.05, 3.63) is 50.1 Å². The number of likely N-dealkylation sites (tertiary alicyclic amines) is 1. The number of hydrogen-bond acceptors (Lipinski definition) is 6. The van der Waals surface area contributed by atoms with Crippen LogP contribution in [0.5, 0.6) is 0 Å². The second-order valence-electron chi connectivity index (χ2n) is 6.87. The van der Waals surface area contributed by atoms with E-state index in [0.29, 0.717) is 12.5 Å². The molecule has 0 unspecified atom stereocenters. The van der Waals surface area contributed by atoms with Gasteiger partial charge in [0.25, 0.3) is 11.5 Å². The standard InChI is InChI=1S/C20H24N4O3S/c1-23-19(26)5-4-18(22-23)20(27)21-12-15-6-8-24(9-7-15)13-17-11-16(14-28-17)3-2-10-25/h4-5,11,14-15,25H,6-10,12-13H2,1H3,(H,21,27). The number of carbonyl (C=O) groups is 1. The number of aliphatic hydroxyl groups is 1. The van der Waals surface area contributed by atoms with Crippen LogP contribution in [0.2, 0.25) is 0 Å². The highest BCUT2D eigenvalue weighted by Gasteiger charge is 2.20. The highest BCUT2D eigenvalue weighted by molar-refractivity contribution is 7.10. The van der Waals surface area contributed by atoms with Crippen LogP contribution in [-0.4, -0.2) is 51.9 Å². The maximum Gasteiger partial charge on any atom is 0.271 e.